The number of unbranched alkanes of at least 4 members (excludes halogenated alkanes) is 32. The van der Waals surface area contributed by atoms with Gasteiger partial charge in [-0.1, -0.05) is 298 Å². The summed E-state index contributed by atoms with van der Waals surface area (Å²) in [5, 5.41) is 0. The van der Waals surface area contributed by atoms with Gasteiger partial charge in [0.25, 0.3) is 0 Å². The standard InChI is InChI=1S/C68H118O6/c1-4-7-10-13-16-19-22-24-26-28-30-32-33-34-35-36-38-39-41-43-46-49-52-55-58-61-67(70)73-64-65(63-72-66(69)60-57-54-51-48-45-21-18-15-12-9-6-3)74-68(71)62-59-56-53-50-47-44-42-40-37-31-29-27-25-23-20-17-14-11-8-5-2/h7,10,16,19,24,26,30,32,34-35,38-39,43,46,65H,4-6,8-9,11-15,17-18,20-23,25,27-29,31,33,36-37,40-42,44-45,47-64H2,1-3H3/b10-7-,19-16-,26-24-,32-30-,35-34-,39-38-,46-43-. The Labute approximate surface area is 458 Å². The minimum absolute atomic E-state index is 0.0833. The largest absolute Gasteiger partial charge is 0.462 e. The number of allylic oxidation sites excluding steroid dienone is 14. The minimum Gasteiger partial charge on any atom is -0.462 e. The van der Waals surface area contributed by atoms with Crippen molar-refractivity contribution < 1.29 is 28.6 Å². The molecule has 6 nitrogen and oxygen atoms in total. The third-order valence-electron chi connectivity index (χ3n) is 13.7. The highest BCUT2D eigenvalue weighted by Crippen LogP contribution is 2.17. The molecule has 0 amide bonds. The molecule has 0 aliphatic carbocycles. The van der Waals surface area contributed by atoms with Gasteiger partial charge in [0.2, 0.25) is 0 Å². The molecule has 0 spiro atoms. The fraction of sp³-hybridized carbons (Fsp3) is 0.750. The molecule has 0 rings (SSSR count). The second-order valence-corrected chi connectivity index (χ2v) is 21.0. The summed E-state index contributed by atoms with van der Waals surface area (Å²) in [7, 11) is 0. The van der Waals surface area contributed by atoms with Crippen LogP contribution in [0.1, 0.15) is 310 Å². The van der Waals surface area contributed by atoms with Crippen LogP contribution in [0.3, 0.4) is 0 Å². The van der Waals surface area contributed by atoms with Crippen LogP contribution >= 0.6 is 0 Å². The number of ether oxygens (including phenoxy) is 3. The van der Waals surface area contributed by atoms with Gasteiger partial charge in [-0.25, -0.2) is 0 Å². The first-order valence-electron chi connectivity index (χ1n) is 31.6. The first-order chi connectivity index (χ1) is 36.5. The van der Waals surface area contributed by atoms with Crippen LogP contribution in [-0.2, 0) is 28.6 Å². The predicted octanol–water partition coefficient (Wildman–Crippen LogP) is 21.5. The van der Waals surface area contributed by atoms with Crippen LogP contribution in [0.2, 0.25) is 0 Å². The number of rotatable bonds is 57. The van der Waals surface area contributed by atoms with E-state index in [0.29, 0.717) is 19.3 Å². The molecule has 0 fully saturated rings. The quantitative estimate of drug-likeness (QED) is 0.0261. The molecule has 1 unspecified atom stereocenters. The molecule has 0 aromatic carbocycles. The predicted molar refractivity (Wildman–Crippen MR) is 321 cm³/mol. The molecule has 1 atom stereocenters. The van der Waals surface area contributed by atoms with E-state index in [2.05, 4.69) is 106 Å². The number of esters is 3. The summed E-state index contributed by atoms with van der Waals surface area (Å²) in [6.07, 6.45) is 81.6. The lowest BCUT2D eigenvalue weighted by atomic mass is 10.0. The Kier molecular flexibility index (Phi) is 59.3. The maximum absolute atomic E-state index is 12.9. The maximum Gasteiger partial charge on any atom is 0.306 e. The summed E-state index contributed by atoms with van der Waals surface area (Å²) < 4.78 is 16.9. The van der Waals surface area contributed by atoms with Gasteiger partial charge in [-0.3, -0.25) is 14.4 Å². The SMILES string of the molecule is CC/C=C\C/C=C\C/C=C\C/C=C\C/C=C\C/C=C\C/C=C\CCCCCC(=O)OCC(COC(=O)CCCCCCCCCCCCC)OC(=O)CCCCCCCCCCCCCCCCCCCCCC. The first kappa shape index (κ1) is 70.6. The van der Waals surface area contributed by atoms with Crippen molar-refractivity contribution in [3.63, 3.8) is 0 Å². The second kappa shape index (κ2) is 62.1. The lowest BCUT2D eigenvalue weighted by Gasteiger charge is -2.18. The van der Waals surface area contributed by atoms with Crippen LogP contribution < -0.4 is 0 Å². The van der Waals surface area contributed by atoms with Crippen molar-refractivity contribution in [1.29, 1.82) is 0 Å². The van der Waals surface area contributed by atoms with Crippen LogP contribution in [0.15, 0.2) is 85.1 Å². The van der Waals surface area contributed by atoms with Crippen molar-refractivity contribution in [1.82, 2.24) is 0 Å². The molecule has 6 heteroatoms. The van der Waals surface area contributed by atoms with Gasteiger partial charge in [0.15, 0.2) is 6.10 Å². The fourth-order valence-electron chi connectivity index (χ4n) is 8.95. The van der Waals surface area contributed by atoms with E-state index < -0.39 is 6.10 Å². The average molecular weight is 1030 g/mol. The van der Waals surface area contributed by atoms with Crippen molar-refractivity contribution in [3.8, 4) is 0 Å². The van der Waals surface area contributed by atoms with E-state index in [-0.39, 0.29) is 31.1 Å². The Morgan fingerprint density at radius 3 is 0.824 bits per heavy atom. The van der Waals surface area contributed by atoms with E-state index in [1.807, 2.05) is 0 Å². The zero-order valence-corrected chi connectivity index (χ0v) is 48.8. The van der Waals surface area contributed by atoms with E-state index in [4.69, 9.17) is 14.2 Å². The fourth-order valence-corrected chi connectivity index (χ4v) is 8.95. The van der Waals surface area contributed by atoms with Crippen LogP contribution in [-0.4, -0.2) is 37.2 Å². The Hall–Kier alpha value is -3.41. The van der Waals surface area contributed by atoms with Crippen molar-refractivity contribution >= 4 is 17.9 Å². The lowest BCUT2D eigenvalue weighted by molar-refractivity contribution is -0.167. The Morgan fingerprint density at radius 2 is 0.527 bits per heavy atom. The molecule has 0 aromatic heterocycles. The molecular weight excluding hydrogens is 913 g/mol. The van der Waals surface area contributed by atoms with Gasteiger partial charge in [0.1, 0.15) is 13.2 Å². The highest BCUT2D eigenvalue weighted by molar-refractivity contribution is 5.71. The Bertz CT molecular complexity index is 1420. The molecule has 0 aliphatic heterocycles. The molecule has 0 saturated carbocycles. The normalized spacial score (nSPS) is 12.6. The molecule has 0 N–H and O–H groups in total. The molecule has 0 saturated heterocycles. The number of carbonyl (C=O) groups is 3. The summed E-state index contributed by atoms with van der Waals surface area (Å²) in [5.41, 5.74) is 0. The van der Waals surface area contributed by atoms with Gasteiger partial charge >= 0.3 is 17.9 Å². The van der Waals surface area contributed by atoms with Crippen molar-refractivity contribution in [3.05, 3.63) is 85.1 Å². The van der Waals surface area contributed by atoms with Crippen molar-refractivity contribution in [2.24, 2.45) is 0 Å². The molecule has 74 heavy (non-hydrogen) atoms. The van der Waals surface area contributed by atoms with Crippen molar-refractivity contribution in [2.45, 2.75) is 316 Å². The molecule has 0 radical (unpaired) electrons. The molecule has 0 heterocycles. The van der Waals surface area contributed by atoms with Gasteiger partial charge < -0.3 is 14.2 Å². The molecule has 426 valence electrons. The van der Waals surface area contributed by atoms with Gasteiger partial charge in [-0.15, -0.1) is 0 Å². The Balaban J connectivity index is 4.35. The van der Waals surface area contributed by atoms with Crippen molar-refractivity contribution in [2.75, 3.05) is 13.2 Å². The van der Waals surface area contributed by atoms with Gasteiger partial charge in [0, 0.05) is 19.3 Å². The summed E-state index contributed by atoms with van der Waals surface area (Å²) in [6.45, 7) is 6.53. The maximum atomic E-state index is 12.9. The number of hydrogen-bond donors (Lipinski definition) is 0. The Morgan fingerprint density at radius 1 is 0.284 bits per heavy atom. The van der Waals surface area contributed by atoms with Crippen LogP contribution in [0.4, 0.5) is 0 Å². The van der Waals surface area contributed by atoms with Gasteiger partial charge in [-0.05, 0) is 77.0 Å². The zero-order chi connectivity index (χ0) is 53.6. The van der Waals surface area contributed by atoms with E-state index in [9.17, 15) is 14.4 Å². The van der Waals surface area contributed by atoms with Gasteiger partial charge in [0.05, 0.1) is 0 Å². The van der Waals surface area contributed by atoms with Crippen LogP contribution in [0, 0.1) is 0 Å². The third-order valence-corrected chi connectivity index (χ3v) is 13.7. The highest BCUT2D eigenvalue weighted by atomic mass is 16.6. The monoisotopic (exact) mass is 1030 g/mol. The summed E-state index contributed by atoms with van der Waals surface area (Å²) in [6, 6.07) is 0. The summed E-state index contributed by atoms with van der Waals surface area (Å²) in [5.74, 6) is -0.904. The topological polar surface area (TPSA) is 78.9 Å². The first-order valence-corrected chi connectivity index (χ1v) is 31.6. The van der Waals surface area contributed by atoms with Gasteiger partial charge in [-0.2, -0.15) is 0 Å². The smallest absolute Gasteiger partial charge is 0.306 e. The number of hydrogen-bond acceptors (Lipinski definition) is 6. The van der Waals surface area contributed by atoms with E-state index in [1.54, 1.807) is 0 Å². The molecular formula is C68H118O6. The van der Waals surface area contributed by atoms with E-state index in [1.165, 1.54) is 161 Å². The summed E-state index contributed by atoms with van der Waals surface area (Å²) in [4.78, 5) is 38.2. The molecule has 0 aliphatic rings. The minimum atomic E-state index is -0.788. The molecule has 0 bridgehead atoms. The van der Waals surface area contributed by atoms with E-state index in [0.717, 1.165) is 109 Å². The molecule has 0 aromatic rings. The lowest BCUT2D eigenvalue weighted by Crippen LogP contribution is -2.30. The summed E-state index contributed by atoms with van der Waals surface area (Å²) >= 11 is 0. The number of carbonyl (C=O) groups excluding carboxylic acids is 3. The highest BCUT2D eigenvalue weighted by Gasteiger charge is 2.19. The average Bonchev–Trinajstić information content (AvgIpc) is 3.40. The third kappa shape index (κ3) is 59.5. The second-order valence-electron chi connectivity index (χ2n) is 21.0. The van der Waals surface area contributed by atoms with Crippen LogP contribution in [0.5, 0.6) is 0 Å². The van der Waals surface area contributed by atoms with E-state index >= 15 is 0 Å². The van der Waals surface area contributed by atoms with Crippen LogP contribution in [0.25, 0.3) is 0 Å². The zero-order valence-electron chi connectivity index (χ0n) is 48.8.